The average molecular weight is 194 g/mol. The van der Waals surface area contributed by atoms with Crippen molar-refractivity contribution in [1.29, 1.82) is 0 Å². The van der Waals surface area contributed by atoms with Gasteiger partial charge in [0.25, 0.3) is 0 Å². The number of aromatic nitrogens is 1. The molecule has 2 rings (SSSR count). The SMILES string of the molecule is Cc1cccc(-c2cnoc2)c1Cl. The molecular formula is C10H8ClNO. The number of hydrogen-bond donors (Lipinski definition) is 0. The summed E-state index contributed by atoms with van der Waals surface area (Å²) < 4.78 is 4.76. The fraction of sp³-hybridized carbons (Fsp3) is 0.100. The maximum atomic E-state index is 6.12. The minimum atomic E-state index is 0.755. The van der Waals surface area contributed by atoms with E-state index in [-0.39, 0.29) is 0 Å². The predicted molar refractivity (Wildman–Crippen MR) is 51.7 cm³/mol. The van der Waals surface area contributed by atoms with Crippen LogP contribution in [0.25, 0.3) is 11.1 Å². The number of aryl methyl sites for hydroxylation is 1. The van der Waals surface area contributed by atoms with Crippen LogP contribution in [-0.2, 0) is 0 Å². The lowest BCUT2D eigenvalue weighted by Crippen LogP contribution is -1.79. The van der Waals surface area contributed by atoms with Crippen LogP contribution in [0.2, 0.25) is 5.02 Å². The van der Waals surface area contributed by atoms with E-state index in [0.29, 0.717) is 0 Å². The first-order chi connectivity index (χ1) is 6.29. The van der Waals surface area contributed by atoms with Crippen molar-refractivity contribution in [2.24, 2.45) is 0 Å². The van der Waals surface area contributed by atoms with Crippen molar-refractivity contribution in [3.63, 3.8) is 0 Å². The van der Waals surface area contributed by atoms with Crippen LogP contribution in [0.4, 0.5) is 0 Å². The summed E-state index contributed by atoms with van der Waals surface area (Å²) in [5, 5.41) is 4.39. The summed E-state index contributed by atoms with van der Waals surface area (Å²) >= 11 is 6.12. The van der Waals surface area contributed by atoms with Crippen LogP contribution in [0, 0.1) is 6.92 Å². The summed E-state index contributed by atoms with van der Waals surface area (Å²) in [5.41, 5.74) is 2.93. The van der Waals surface area contributed by atoms with Crippen LogP contribution in [0.5, 0.6) is 0 Å². The average Bonchev–Trinajstić information content (AvgIpc) is 2.62. The van der Waals surface area contributed by atoms with Gasteiger partial charge in [-0.1, -0.05) is 35.0 Å². The zero-order valence-electron chi connectivity index (χ0n) is 7.12. The Kier molecular flexibility index (Phi) is 2.07. The third kappa shape index (κ3) is 1.45. The van der Waals surface area contributed by atoms with Crippen molar-refractivity contribution in [3.8, 4) is 11.1 Å². The Balaban J connectivity index is 2.59. The maximum absolute atomic E-state index is 6.12. The summed E-state index contributed by atoms with van der Waals surface area (Å²) in [6.07, 6.45) is 3.24. The Morgan fingerprint density at radius 2 is 2.23 bits per heavy atom. The Morgan fingerprint density at radius 3 is 2.92 bits per heavy atom. The monoisotopic (exact) mass is 193 g/mol. The van der Waals surface area contributed by atoms with Gasteiger partial charge in [-0.25, -0.2) is 0 Å². The van der Waals surface area contributed by atoms with Crippen LogP contribution in [-0.4, -0.2) is 5.16 Å². The van der Waals surface area contributed by atoms with E-state index in [0.717, 1.165) is 21.7 Å². The third-order valence-corrected chi connectivity index (χ3v) is 2.44. The molecule has 1 aromatic carbocycles. The summed E-state index contributed by atoms with van der Waals surface area (Å²) in [5.74, 6) is 0. The van der Waals surface area contributed by atoms with Gasteiger partial charge < -0.3 is 4.52 Å². The molecule has 0 unspecified atom stereocenters. The standard InChI is InChI=1S/C10H8ClNO/c1-7-3-2-4-9(10(7)11)8-5-12-13-6-8/h2-6H,1H3. The van der Waals surface area contributed by atoms with E-state index in [4.69, 9.17) is 16.1 Å². The Labute approximate surface area is 81.1 Å². The fourth-order valence-corrected chi connectivity index (χ4v) is 1.44. The Hall–Kier alpha value is -1.28. The van der Waals surface area contributed by atoms with Crippen molar-refractivity contribution < 1.29 is 4.52 Å². The molecule has 0 aliphatic carbocycles. The molecule has 0 N–H and O–H groups in total. The molecule has 0 bridgehead atoms. The van der Waals surface area contributed by atoms with Crippen LogP contribution in [0.3, 0.4) is 0 Å². The summed E-state index contributed by atoms with van der Waals surface area (Å²) in [4.78, 5) is 0. The molecule has 0 aliphatic rings. The first kappa shape index (κ1) is 8.32. The normalized spacial score (nSPS) is 10.3. The molecule has 0 fully saturated rings. The molecule has 0 spiro atoms. The molecule has 0 radical (unpaired) electrons. The maximum Gasteiger partial charge on any atom is 0.131 e. The van der Waals surface area contributed by atoms with Crippen LogP contribution < -0.4 is 0 Å². The highest BCUT2D eigenvalue weighted by Gasteiger charge is 2.06. The van der Waals surface area contributed by atoms with Crippen molar-refractivity contribution in [1.82, 2.24) is 5.16 Å². The number of benzene rings is 1. The van der Waals surface area contributed by atoms with Crippen LogP contribution in [0.1, 0.15) is 5.56 Å². The first-order valence-corrected chi connectivity index (χ1v) is 4.31. The van der Waals surface area contributed by atoms with Crippen LogP contribution in [0.15, 0.2) is 35.2 Å². The van der Waals surface area contributed by atoms with Crippen molar-refractivity contribution >= 4 is 11.6 Å². The molecule has 1 heterocycles. The smallest absolute Gasteiger partial charge is 0.131 e. The molecule has 1 aromatic heterocycles. The highest BCUT2D eigenvalue weighted by molar-refractivity contribution is 6.34. The Morgan fingerprint density at radius 1 is 1.38 bits per heavy atom. The molecule has 3 heteroatoms. The van der Waals surface area contributed by atoms with Gasteiger partial charge in [-0.2, -0.15) is 0 Å². The third-order valence-electron chi connectivity index (χ3n) is 1.94. The second-order valence-corrected chi connectivity index (χ2v) is 3.23. The molecule has 2 nitrogen and oxygen atoms in total. The van der Waals surface area contributed by atoms with E-state index in [2.05, 4.69) is 5.16 Å². The van der Waals surface area contributed by atoms with Gasteiger partial charge in [0.05, 0.1) is 11.2 Å². The van der Waals surface area contributed by atoms with Crippen LogP contribution >= 0.6 is 11.6 Å². The number of rotatable bonds is 1. The predicted octanol–water partition coefficient (Wildman–Crippen LogP) is 3.30. The van der Waals surface area contributed by atoms with E-state index in [1.807, 2.05) is 25.1 Å². The lowest BCUT2D eigenvalue weighted by Gasteiger charge is -2.02. The van der Waals surface area contributed by atoms with E-state index >= 15 is 0 Å². The number of nitrogens with zero attached hydrogens (tertiary/aromatic N) is 1. The van der Waals surface area contributed by atoms with Crippen molar-refractivity contribution in [3.05, 3.63) is 41.2 Å². The minimum Gasteiger partial charge on any atom is -0.364 e. The molecular weight excluding hydrogens is 186 g/mol. The van der Waals surface area contributed by atoms with Gasteiger partial charge in [0, 0.05) is 11.1 Å². The zero-order valence-corrected chi connectivity index (χ0v) is 7.88. The van der Waals surface area contributed by atoms with Crippen molar-refractivity contribution in [2.75, 3.05) is 0 Å². The molecule has 0 saturated carbocycles. The largest absolute Gasteiger partial charge is 0.364 e. The quantitative estimate of drug-likeness (QED) is 0.695. The number of halogens is 1. The lowest BCUT2D eigenvalue weighted by molar-refractivity contribution is 0.420. The molecule has 0 amide bonds. The van der Waals surface area contributed by atoms with Gasteiger partial charge in [-0.05, 0) is 12.5 Å². The lowest BCUT2D eigenvalue weighted by atomic mass is 10.1. The minimum absolute atomic E-state index is 0.755. The Bertz CT molecular complexity index is 409. The van der Waals surface area contributed by atoms with Gasteiger partial charge in [-0.3, -0.25) is 0 Å². The topological polar surface area (TPSA) is 26.0 Å². The molecule has 0 saturated heterocycles. The second kappa shape index (κ2) is 3.23. The van der Waals surface area contributed by atoms with E-state index in [9.17, 15) is 0 Å². The van der Waals surface area contributed by atoms with Gasteiger partial charge in [0.2, 0.25) is 0 Å². The number of hydrogen-bond acceptors (Lipinski definition) is 2. The van der Waals surface area contributed by atoms with Gasteiger partial charge in [0.15, 0.2) is 0 Å². The summed E-state index contributed by atoms with van der Waals surface area (Å²) in [6.45, 7) is 1.97. The van der Waals surface area contributed by atoms with Crippen molar-refractivity contribution in [2.45, 2.75) is 6.92 Å². The summed E-state index contributed by atoms with van der Waals surface area (Å²) in [6, 6.07) is 5.88. The molecule has 66 valence electrons. The molecule has 0 atom stereocenters. The molecule has 0 aliphatic heterocycles. The van der Waals surface area contributed by atoms with E-state index in [1.165, 1.54) is 0 Å². The highest BCUT2D eigenvalue weighted by Crippen LogP contribution is 2.29. The van der Waals surface area contributed by atoms with E-state index in [1.54, 1.807) is 12.5 Å². The van der Waals surface area contributed by atoms with Gasteiger partial charge >= 0.3 is 0 Å². The molecule has 13 heavy (non-hydrogen) atoms. The fourth-order valence-electron chi connectivity index (χ4n) is 1.21. The van der Waals surface area contributed by atoms with Gasteiger partial charge in [0.1, 0.15) is 6.26 Å². The summed E-state index contributed by atoms with van der Waals surface area (Å²) in [7, 11) is 0. The van der Waals surface area contributed by atoms with Gasteiger partial charge in [-0.15, -0.1) is 0 Å². The second-order valence-electron chi connectivity index (χ2n) is 2.85. The zero-order chi connectivity index (χ0) is 9.26. The van der Waals surface area contributed by atoms with E-state index < -0.39 is 0 Å². The first-order valence-electron chi connectivity index (χ1n) is 3.94. The molecule has 2 aromatic rings. The highest BCUT2D eigenvalue weighted by atomic mass is 35.5.